The average molecular weight is 228 g/mol. The van der Waals surface area contributed by atoms with E-state index in [2.05, 4.69) is 0 Å². The highest BCUT2D eigenvalue weighted by Crippen LogP contribution is 2.30. The number of ether oxygens (including phenoxy) is 1. The number of benzene rings is 1. The van der Waals surface area contributed by atoms with Crippen molar-refractivity contribution in [2.24, 2.45) is 5.92 Å². The monoisotopic (exact) mass is 228 g/mol. The summed E-state index contributed by atoms with van der Waals surface area (Å²) in [6, 6.07) is 2.64. The predicted octanol–water partition coefficient (Wildman–Crippen LogP) is 1.80. The van der Waals surface area contributed by atoms with Crippen molar-refractivity contribution in [3.05, 3.63) is 23.5 Å². The molecule has 2 N–H and O–H groups in total. The third-order valence-electron chi connectivity index (χ3n) is 2.31. The molecule has 1 aromatic carbocycles. The van der Waals surface area contributed by atoms with E-state index in [-0.39, 0.29) is 12.2 Å². The zero-order valence-corrected chi connectivity index (χ0v) is 9.03. The minimum Gasteiger partial charge on any atom is -0.505 e. The fourth-order valence-corrected chi connectivity index (χ4v) is 1.38. The van der Waals surface area contributed by atoms with Gasteiger partial charge in [-0.25, -0.2) is 0 Å². The van der Waals surface area contributed by atoms with E-state index >= 15 is 0 Å². The molecule has 0 aliphatic carbocycles. The molecule has 0 saturated carbocycles. The largest absolute Gasteiger partial charge is 0.505 e. The maximum absolute atomic E-state index is 13.4. The first-order valence-electron chi connectivity index (χ1n) is 4.74. The summed E-state index contributed by atoms with van der Waals surface area (Å²) in [5.41, 5.74) is 0.424. The molecule has 5 heteroatoms. The molecule has 1 aromatic rings. The Labute approximate surface area is 92.3 Å². The molecule has 16 heavy (non-hydrogen) atoms. The molecule has 0 heterocycles. The van der Waals surface area contributed by atoms with E-state index in [1.165, 1.54) is 26.2 Å². The van der Waals surface area contributed by atoms with Crippen LogP contribution in [0.5, 0.6) is 11.5 Å². The number of hydrogen-bond donors (Lipinski definition) is 2. The Morgan fingerprint density at radius 1 is 1.56 bits per heavy atom. The van der Waals surface area contributed by atoms with Gasteiger partial charge in [-0.3, -0.25) is 4.79 Å². The number of aliphatic carboxylic acids is 1. The molecule has 0 radical (unpaired) electrons. The van der Waals surface area contributed by atoms with E-state index in [9.17, 15) is 9.18 Å². The first-order valence-corrected chi connectivity index (χ1v) is 4.74. The van der Waals surface area contributed by atoms with Crippen LogP contribution in [0.1, 0.15) is 12.5 Å². The van der Waals surface area contributed by atoms with E-state index in [0.29, 0.717) is 5.56 Å². The lowest BCUT2D eigenvalue weighted by Crippen LogP contribution is -2.13. The Bertz CT molecular complexity index is 403. The number of methoxy groups -OCH3 is 1. The zero-order valence-electron chi connectivity index (χ0n) is 9.03. The molecule has 0 bridgehead atoms. The molecular formula is C11H13FO4. The second-order valence-corrected chi connectivity index (χ2v) is 3.53. The van der Waals surface area contributed by atoms with Crippen molar-refractivity contribution in [2.45, 2.75) is 13.3 Å². The molecule has 88 valence electrons. The van der Waals surface area contributed by atoms with E-state index in [4.69, 9.17) is 14.9 Å². The third kappa shape index (κ3) is 2.42. The summed E-state index contributed by atoms with van der Waals surface area (Å²) in [5, 5.41) is 17.9. The second kappa shape index (κ2) is 4.83. The molecule has 0 fully saturated rings. The lowest BCUT2D eigenvalue weighted by molar-refractivity contribution is -0.141. The number of carbonyl (C=O) groups is 1. The van der Waals surface area contributed by atoms with E-state index in [1.54, 1.807) is 0 Å². The summed E-state index contributed by atoms with van der Waals surface area (Å²) in [5.74, 6) is -3.08. The first-order chi connectivity index (χ1) is 7.47. The first kappa shape index (κ1) is 12.3. The van der Waals surface area contributed by atoms with Gasteiger partial charge < -0.3 is 14.9 Å². The van der Waals surface area contributed by atoms with E-state index in [0.717, 1.165) is 0 Å². The van der Waals surface area contributed by atoms with E-state index < -0.39 is 23.5 Å². The lowest BCUT2D eigenvalue weighted by atomic mass is 10.00. The number of halogens is 1. The topological polar surface area (TPSA) is 66.8 Å². The van der Waals surface area contributed by atoms with Crippen LogP contribution < -0.4 is 4.74 Å². The molecule has 0 aliphatic rings. The normalized spacial score (nSPS) is 12.2. The molecule has 0 amide bonds. The molecular weight excluding hydrogens is 215 g/mol. The highest BCUT2D eigenvalue weighted by Gasteiger charge is 2.18. The van der Waals surface area contributed by atoms with Crippen molar-refractivity contribution < 1.29 is 24.1 Å². The number of aromatic hydroxyl groups is 1. The Balaban J connectivity index is 3.05. The van der Waals surface area contributed by atoms with Gasteiger partial charge in [-0.1, -0.05) is 13.0 Å². The van der Waals surface area contributed by atoms with Crippen molar-refractivity contribution in [3.8, 4) is 11.5 Å². The van der Waals surface area contributed by atoms with Crippen molar-refractivity contribution >= 4 is 5.97 Å². The predicted molar refractivity (Wildman–Crippen MR) is 55.1 cm³/mol. The summed E-state index contributed by atoms with van der Waals surface area (Å²) in [6.45, 7) is 1.52. The zero-order chi connectivity index (χ0) is 12.3. The Morgan fingerprint density at radius 3 is 2.69 bits per heavy atom. The van der Waals surface area contributed by atoms with Gasteiger partial charge in [0.1, 0.15) is 0 Å². The summed E-state index contributed by atoms with van der Waals surface area (Å²) in [7, 11) is 1.27. The smallest absolute Gasteiger partial charge is 0.306 e. The number of phenolic OH excluding ortho intramolecular Hbond substituents is 1. The minimum absolute atomic E-state index is 0.104. The Hall–Kier alpha value is -1.78. The quantitative estimate of drug-likeness (QED) is 0.824. The van der Waals surface area contributed by atoms with Gasteiger partial charge in [0.2, 0.25) is 5.82 Å². The van der Waals surface area contributed by atoms with Gasteiger partial charge in [0.05, 0.1) is 13.0 Å². The summed E-state index contributed by atoms with van der Waals surface area (Å²) in [6.07, 6.45) is 0.149. The van der Waals surface area contributed by atoms with Crippen LogP contribution in [0.15, 0.2) is 12.1 Å². The highest BCUT2D eigenvalue weighted by molar-refractivity contribution is 5.70. The van der Waals surface area contributed by atoms with Gasteiger partial charge >= 0.3 is 5.97 Å². The number of carboxylic acid groups (broad SMARTS) is 1. The molecule has 1 unspecified atom stereocenters. The van der Waals surface area contributed by atoms with Crippen LogP contribution in [0.2, 0.25) is 0 Å². The van der Waals surface area contributed by atoms with Gasteiger partial charge in [-0.2, -0.15) is 4.39 Å². The van der Waals surface area contributed by atoms with Crippen LogP contribution in [0.4, 0.5) is 4.39 Å². The molecule has 0 aromatic heterocycles. The number of rotatable bonds is 4. The highest BCUT2D eigenvalue weighted by atomic mass is 19.1. The summed E-state index contributed by atoms with van der Waals surface area (Å²) >= 11 is 0. The van der Waals surface area contributed by atoms with E-state index in [1.807, 2.05) is 0 Å². The molecule has 0 saturated heterocycles. The van der Waals surface area contributed by atoms with Crippen LogP contribution in [0, 0.1) is 11.7 Å². The SMILES string of the molecule is COc1c(CC(C)C(=O)O)ccc(O)c1F. The van der Waals surface area contributed by atoms with Gasteiger partial charge in [-0.05, 0) is 18.1 Å². The third-order valence-corrected chi connectivity index (χ3v) is 2.31. The fourth-order valence-electron chi connectivity index (χ4n) is 1.38. The van der Waals surface area contributed by atoms with Crippen LogP contribution in [0.3, 0.4) is 0 Å². The van der Waals surface area contributed by atoms with Gasteiger partial charge in [0, 0.05) is 0 Å². The molecule has 0 spiro atoms. The van der Waals surface area contributed by atoms with Crippen LogP contribution in [-0.4, -0.2) is 23.3 Å². The Kier molecular flexibility index (Phi) is 3.71. The maximum Gasteiger partial charge on any atom is 0.306 e. The average Bonchev–Trinajstić information content (AvgIpc) is 2.23. The molecule has 1 atom stereocenters. The summed E-state index contributed by atoms with van der Waals surface area (Å²) in [4.78, 5) is 10.7. The summed E-state index contributed by atoms with van der Waals surface area (Å²) < 4.78 is 18.2. The number of carboxylic acids is 1. The van der Waals surface area contributed by atoms with Crippen LogP contribution >= 0.6 is 0 Å². The molecule has 1 rings (SSSR count). The number of phenols is 1. The van der Waals surface area contributed by atoms with Crippen molar-refractivity contribution in [2.75, 3.05) is 7.11 Å². The van der Waals surface area contributed by atoms with Gasteiger partial charge in [0.15, 0.2) is 11.5 Å². The van der Waals surface area contributed by atoms with Crippen molar-refractivity contribution in [3.63, 3.8) is 0 Å². The van der Waals surface area contributed by atoms with Gasteiger partial charge in [0.25, 0.3) is 0 Å². The minimum atomic E-state index is -0.962. The number of hydrogen-bond acceptors (Lipinski definition) is 3. The van der Waals surface area contributed by atoms with Crippen molar-refractivity contribution in [1.29, 1.82) is 0 Å². The maximum atomic E-state index is 13.4. The Morgan fingerprint density at radius 2 is 2.19 bits per heavy atom. The standard InChI is InChI=1S/C11H13FO4/c1-6(11(14)15)5-7-3-4-8(13)9(12)10(7)16-2/h3-4,6,13H,5H2,1-2H3,(H,14,15). The van der Waals surface area contributed by atoms with Crippen LogP contribution in [-0.2, 0) is 11.2 Å². The second-order valence-electron chi connectivity index (χ2n) is 3.53. The lowest BCUT2D eigenvalue weighted by Gasteiger charge is -2.12. The van der Waals surface area contributed by atoms with Crippen molar-refractivity contribution in [1.82, 2.24) is 0 Å². The van der Waals surface area contributed by atoms with Crippen LogP contribution in [0.25, 0.3) is 0 Å². The molecule has 0 aliphatic heterocycles. The van der Waals surface area contributed by atoms with Gasteiger partial charge in [-0.15, -0.1) is 0 Å². The fraction of sp³-hybridized carbons (Fsp3) is 0.364. The molecule has 4 nitrogen and oxygen atoms in total.